The zero-order valence-corrected chi connectivity index (χ0v) is 27.3. The molecule has 0 aromatic rings. The fourth-order valence-electron chi connectivity index (χ4n) is 6.19. The topological polar surface area (TPSA) is 180 Å². The van der Waals surface area contributed by atoms with Gasteiger partial charge in [-0.25, -0.2) is 0 Å². The van der Waals surface area contributed by atoms with Crippen LogP contribution in [0, 0.1) is 23.7 Å². The van der Waals surface area contributed by atoms with Gasteiger partial charge in [-0.1, -0.05) is 58.8 Å². The third kappa shape index (κ3) is 12.4. The van der Waals surface area contributed by atoms with Crippen LogP contribution in [0.15, 0.2) is 0 Å². The van der Waals surface area contributed by atoms with Crippen LogP contribution in [-0.2, 0) is 33.5 Å². The van der Waals surface area contributed by atoms with Crippen molar-refractivity contribution in [3.8, 4) is 0 Å². The Bertz CT molecular complexity index is 1020. The molecule has 2 aliphatic rings. The van der Waals surface area contributed by atoms with Crippen molar-refractivity contribution in [1.82, 2.24) is 21.3 Å². The van der Waals surface area contributed by atoms with Gasteiger partial charge in [0.1, 0.15) is 23.7 Å². The first-order valence-electron chi connectivity index (χ1n) is 16.2. The lowest BCUT2D eigenvalue weighted by molar-refractivity contribution is -0.156. The highest BCUT2D eigenvalue weighted by molar-refractivity contribution is 5.96. The van der Waals surface area contributed by atoms with Crippen molar-refractivity contribution in [2.75, 3.05) is 7.05 Å². The van der Waals surface area contributed by atoms with Gasteiger partial charge in [-0.2, -0.15) is 0 Å². The van der Waals surface area contributed by atoms with Gasteiger partial charge in [0.25, 0.3) is 0 Å². The SMILES string of the molecule is CNC(=O)[C@H](CC(C)C)NC(=O)[C@H](CC(=O)OC(C)(C)C)NC(=O)[C@H](CC1CCCCC1)NC(=O)C1CCCCC1C(=O)O. The molecule has 12 nitrogen and oxygen atoms in total. The zero-order valence-electron chi connectivity index (χ0n) is 27.3. The summed E-state index contributed by atoms with van der Waals surface area (Å²) in [5, 5.41) is 20.4. The summed E-state index contributed by atoms with van der Waals surface area (Å²) in [6, 6.07) is -3.28. The van der Waals surface area contributed by atoms with E-state index in [1.54, 1.807) is 20.8 Å². The van der Waals surface area contributed by atoms with Gasteiger partial charge in [0.2, 0.25) is 23.6 Å². The number of nitrogens with one attached hydrogen (secondary N) is 4. The van der Waals surface area contributed by atoms with Crippen molar-refractivity contribution in [2.45, 2.75) is 135 Å². The summed E-state index contributed by atoms with van der Waals surface area (Å²) >= 11 is 0. The number of hydrogen-bond acceptors (Lipinski definition) is 7. The molecule has 0 aromatic carbocycles. The summed E-state index contributed by atoms with van der Waals surface area (Å²) in [5.41, 5.74) is -0.831. The lowest BCUT2D eigenvalue weighted by Crippen LogP contribution is -2.58. The van der Waals surface area contributed by atoms with E-state index in [1.165, 1.54) is 7.05 Å². The molecule has 0 saturated heterocycles. The summed E-state index contributed by atoms with van der Waals surface area (Å²) in [6.07, 6.45) is 7.36. The van der Waals surface area contributed by atoms with Gasteiger partial charge in [0.05, 0.1) is 18.3 Å². The van der Waals surface area contributed by atoms with Gasteiger partial charge >= 0.3 is 11.9 Å². The van der Waals surface area contributed by atoms with Gasteiger partial charge in [0, 0.05) is 7.05 Å². The standard InChI is InChI=1S/C32H54N4O8/c1-19(2)16-23(28(39)33-6)35-30(41)25(18-26(37)44-32(3,4)5)36-29(40)24(17-20-12-8-7-9-13-20)34-27(38)21-14-10-11-15-22(21)31(42)43/h19-25H,7-18H2,1-6H3,(H,33,39)(H,34,38)(H,35,41)(H,36,40)(H,42,43)/t21?,22?,23-,24-,25-/m0/s1. The number of ether oxygens (including phenoxy) is 1. The fourth-order valence-corrected chi connectivity index (χ4v) is 6.19. The molecular weight excluding hydrogens is 568 g/mol. The van der Waals surface area contributed by atoms with E-state index in [0.29, 0.717) is 25.7 Å². The molecule has 250 valence electrons. The number of amides is 4. The molecule has 44 heavy (non-hydrogen) atoms. The molecule has 4 amide bonds. The molecule has 2 unspecified atom stereocenters. The van der Waals surface area contributed by atoms with E-state index in [4.69, 9.17) is 4.74 Å². The number of likely N-dealkylation sites (N-methyl/N-ethyl adjacent to an activating group) is 1. The Kier molecular flexibility index (Phi) is 14.6. The normalized spacial score (nSPS) is 21.3. The molecule has 2 fully saturated rings. The summed E-state index contributed by atoms with van der Waals surface area (Å²) in [6.45, 7) is 8.88. The summed E-state index contributed by atoms with van der Waals surface area (Å²) in [5.74, 6) is -5.34. The van der Waals surface area contributed by atoms with Gasteiger partial charge in [0.15, 0.2) is 0 Å². The van der Waals surface area contributed by atoms with Gasteiger partial charge < -0.3 is 31.1 Å². The second-order valence-corrected chi connectivity index (χ2v) is 13.8. The lowest BCUT2D eigenvalue weighted by atomic mass is 9.78. The maximum Gasteiger partial charge on any atom is 0.308 e. The number of carboxylic acids is 1. The lowest BCUT2D eigenvalue weighted by Gasteiger charge is -2.32. The second kappa shape index (κ2) is 17.3. The molecule has 0 aliphatic heterocycles. The number of hydrogen-bond donors (Lipinski definition) is 5. The molecule has 2 saturated carbocycles. The average Bonchev–Trinajstić information content (AvgIpc) is 2.94. The largest absolute Gasteiger partial charge is 0.481 e. The smallest absolute Gasteiger partial charge is 0.308 e. The van der Waals surface area contributed by atoms with Gasteiger partial charge in [-0.15, -0.1) is 0 Å². The maximum atomic E-state index is 13.8. The first-order chi connectivity index (χ1) is 20.6. The van der Waals surface area contributed by atoms with Crippen LogP contribution in [0.1, 0.15) is 112 Å². The molecule has 0 heterocycles. The van der Waals surface area contributed by atoms with E-state index in [1.807, 2.05) is 13.8 Å². The minimum atomic E-state index is -1.37. The molecule has 5 N–H and O–H groups in total. The van der Waals surface area contributed by atoms with E-state index in [2.05, 4.69) is 21.3 Å². The van der Waals surface area contributed by atoms with Gasteiger partial charge in [-0.05, 0) is 58.3 Å². The van der Waals surface area contributed by atoms with Crippen LogP contribution in [0.3, 0.4) is 0 Å². The van der Waals surface area contributed by atoms with Crippen LogP contribution < -0.4 is 21.3 Å². The molecule has 0 aromatic heterocycles. The highest BCUT2D eigenvalue weighted by Gasteiger charge is 2.39. The summed E-state index contributed by atoms with van der Waals surface area (Å²) in [7, 11) is 1.46. The first-order valence-corrected chi connectivity index (χ1v) is 16.2. The van der Waals surface area contributed by atoms with Crippen LogP contribution in [0.5, 0.6) is 0 Å². The third-order valence-electron chi connectivity index (χ3n) is 8.36. The molecule has 0 spiro atoms. The maximum absolute atomic E-state index is 13.8. The van der Waals surface area contributed by atoms with Crippen molar-refractivity contribution >= 4 is 35.6 Å². The quantitative estimate of drug-likeness (QED) is 0.183. The Morgan fingerprint density at radius 2 is 1.30 bits per heavy atom. The number of esters is 1. The van der Waals surface area contributed by atoms with E-state index < -0.39 is 77.6 Å². The van der Waals surface area contributed by atoms with Crippen molar-refractivity contribution in [2.24, 2.45) is 23.7 Å². The van der Waals surface area contributed by atoms with Crippen LogP contribution in [-0.4, -0.2) is 71.4 Å². The van der Waals surface area contributed by atoms with E-state index >= 15 is 0 Å². The van der Waals surface area contributed by atoms with Crippen molar-refractivity contribution in [1.29, 1.82) is 0 Å². The molecule has 5 atom stereocenters. The number of aliphatic carboxylic acids is 1. The van der Waals surface area contributed by atoms with E-state index in [-0.39, 0.29) is 11.8 Å². The Hall–Kier alpha value is -3.18. The molecule has 12 heteroatoms. The summed E-state index contributed by atoms with van der Waals surface area (Å²) in [4.78, 5) is 78.0. The summed E-state index contributed by atoms with van der Waals surface area (Å²) < 4.78 is 5.42. The minimum absolute atomic E-state index is 0.0704. The zero-order chi connectivity index (χ0) is 33.0. The Morgan fingerprint density at radius 1 is 0.750 bits per heavy atom. The number of carboxylic acid groups (broad SMARTS) is 1. The highest BCUT2D eigenvalue weighted by Crippen LogP contribution is 2.31. The number of carbonyl (C=O) groups excluding carboxylic acids is 5. The molecule has 0 radical (unpaired) electrons. The monoisotopic (exact) mass is 622 g/mol. The first kappa shape index (κ1) is 37.0. The van der Waals surface area contributed by atoms with Crippen LogP contribution in [0.4, 0.5) is 0 Å². The van der Waals surface area contributed by atoms with Crippen molar-refractivity contribution in [3.63, 3.8) is 0 Å². The molecule has 2 aliphatic carbocycles. The Labute approximate surface area is 261 Å². The average molecular weight is 623 g/mol. The van der Waals surface area contributed by atoms with E-state index in [9.17, 15) is 33.9 Å². The second-order valence-electron chi connectivity index (χ2n) is 13.8. The van der Waals surface area contributed by atoms with Gasteiger partial charge in [-0.3, -0.25) is 28.8 Å². The molecule has 2 rings (SSSR count). The van der Waals surface area contributed by atoms with Crippen LogP contribution in [0.25, 0.3) is 0 Å². The number of rotatable bonds is 14. The van der Waals surface area contributed by atoms with Crippen LogP contribution >= 0.6 is 0 Å². The predicted molar refractivity (Wildman–Crippen MR) is 164 cm³/mol. The van der Waals surface area contributed by atoms with Crippen molar-refractivity contribution in [3.05, 3.63) is 0 Å². The highest BCUT2D eigenvalue weighted by atomic mass is 16.6. The molecule has 0 bridgehead atoms. The van der Waals surface area contributed by atoms with Crippen molar-refractivity contribution < 1.29 is 38.6 Å². The number of carbonyl (C=O) groups is 6. The fraction of sp³-hybridized carbons (Fsp3) is 0.812. The Balaban J connectivity index is 2.32. The minimum Gasteiger partial charge on any atom is -0.481 e. The van der Waals surface area contributed by atoms with E-state index in [0.717, 1.165) is 44.9 Å². The third-order valence-corrected chi connectivity index (χ3v) is 8.36. The predicted octanol–water partition coefficient (Wildman–Crippen LogP) is 2.83. The Morgan fingerprint density at radius 3 is 1.84 bits per heavy atom. The molecular formula is C32H54N4O8. The van der Waals surface area contributed by atoms with Crippen LogP contribution in [0.2, 0.25) is 0 Å².